The molecule has 3 nitrogen and oxygen atoms in total. The molecule has 8 heteroatoms. The first-order valence-corrected chi connectivity index (χ1v) is 11.1. The summed E-state index contributed by atoms with van der Waals surface area (Å²) in [6.45, 7) is 5.23. The second-order valence-corrected chi connectivity index (χ2v) is 8.85. The molecule has 2 aromatic carbocycles. The van der Waals surface area contributed by atoms with Gasteiger partial charge in [0.2, 0.25) is 0 Å². The lowest BCUT2D eigenvalue weighted by Gasteiger charge is -2.34. The Morgan fingerprint density at radius 1 is 0.903 bits per heavy atom. The molecule has 31 heavy (non-hydrogen) atoms. The zero-order valence-corrected chi connectivity index (χ0v) is 17.8. The van der Waals surface area contributed by atoms with Gasteiger partial charge in [0.25, 0.3) is 0 Å². The van der Waals surface area contributed by atoms with Crippen LogP contribution in [0, 0.1) is 5.82 Å². The first-order valence-electron chi connectivity index (χ1n) is 10.3. The molecular weight excluding hydrogens is 428 g/mol. The maximum Gasteiger partial charge on any atom is 0.416 e. The second kappa shape index (κ2) is 9.32. The van der Waals surface area contributed by atoms with Crippen LogP contribution in [0.25, 0.3) is 5.57 Å². The summed E-state index contributed by atoms with van der Waals surface area (Å²) >= 11 is 1.30. The van der Waals surface area contributed by atoms with E-state index in [4.69, 9.17) is 5.11 Å². The van der Waals surface area contributed by atoms with Crippen LogP contribution >= 0.6 is 11.8 Å². The average Bonchev–Trinajstić information content (AvgIpc) is 2.73. The molecule has 166 valence electrons. The first kappa shape index (κ1) is 22.3. The van der Waals surface area contributed by atoms with Crippen molar-refractivity contribution in [2.24, 2.45) is 0 Å². The van der Waals surface area contributed by atoms with Gasteiger partial charge in [-0.15, -0.1) is 0 Å². The minimum atomic E-state index is -4.41. The van der Waals surface area contributed by atoms with Gasteiger partial charge in [-0.05, 0) is 53.5 Å². The normalized spacial score (nSPS) is 18.8. The molecule has 0 aromatic heterocycles. The summed E-state index contributed by atoms with van der Waals surface area (Å²) in [5, 5.41) is 9.06. The number of rotatable bonds is 5. The Morgan fingerprint density at radius 2 is 1.61 bits per heavy atom. The van der Waals surface area contributed by atoms with E-state index in [1.165, 1.54) is 36.0 Å². The SMILES string of the molecule is OCCN1CCN(CCC=C2c3ccc(F)cc3Sc3ccc(C(F)(F)F)cc32)CC1. The molecule has 0 spiro atoms. The Balaban J connectivity index is 1.57. The van der Waals surface area contributed by atoms with Gasteiger partial charge in [0.15, 0.2) is 0 Å². The largest absolute Gasteiger partial charge is 0.416 e. The van der Waals surface area contributed by atoms with E-state index >= 15 is 0 Å². The topological polar surface area (TPSA) is 26.7 Å². The smallest absolute Gasteiger partial charge is 0.395 e. The molecular formula is C23H24F4N2OS. The van der Waals surface area contributed by atoms with Crippen LogP contribution in [0.4, 0.5) is 17.6 Å². The molecule has 0 atom stereocenters. The highest BCUT2D eigenvalue weighted by Gasteiger charge is 2.32. The zero-order valence-electron chi connectivity index (χ0n) is 17.0. The molecule has 0 aliphatic carbocycles. The van der Waals surface area contributed by atoms with Crippen molar-refractivity contribution in [3.8, 4) is 0 Å². The molecule has 2 aliphatic rings. The van der Waals surface area contributed by atoms with Gasteiger partial charge in [-0.3, -0.25) is 4.90 Å². The number of hydrogen-bond donors (Lipinski definition) is 1. The van der Waals surface area contributed by atoms with Gasteiger partial charge in [0, 0.05) is 49.1 Å². The van der Waals surface area contributed by atoms with Crippen molar-refractivity contribution in [2.75, 3.05) is 45.9 Å². The molecule has 2 heterocycles. The van der Waals surface area contributed by atoms with Crippen LogP contribution in [0.2, 0.25) is 0 Å². The highest BCUT2D eigenvalue weighted by Crippen LogP contribution is 2.47. The van der Waals surface area contributed by atoms with Crippen molar-refractivity contribution in [3.63, 3.8) is 0 Å². The number of nitrogens with zero attached hydrogens (tertiary/aromatic N) is 2. The maximum atomic E-state index is 13.8. The molecule has 1 fully saturated rings. The van der Waals surface area contributed by atoms with E-state index < -0.39 is 11.7 Å². The van der Waals surface area contributed by atoms with E-state index in [1.807, 2.05) is 6.08 Å². The number of fused-ring (bicyclic) bond motifs is 2. The quantitative estimate of drug-likeness (QED) is 0.566. The van der Waals surface area contributed by atoms with Gasteiger partial charge in [-0.1, -0.05) is 23.9 Å². The van der Waals surface area contributed by atoms with Crippen molar-refractivity contribution in [1.29, 1.82) is 0 Å². The fourth-order valence-electron chi connectivity index (χ4n) is 4.06. The number of hydrogen-bond acceptors (Lipinski definition) is 4. The molecule has 4 rings (SSSR count). The van der Waals surface area contributed by atoms with Crippen LogP contribution in [0.3, 0.4) is 0 Å². The number of aliphatic hydroxyl groups excluding tert-OH is 1. The monoisotopic (exact) mass is 452 g/mol. The predicted molar refractivity (Wildman–Crippen MR) is 114 cm³/mol. The van der Waals surface area contributed by atoms with Crippen molar-refractivity contribution < 1.29 is 22.7 Å². The Labute approximate surface area is 183 Å². The predicted octanol–water partition coefficient (Wildman–Crippen LogP) is 4.74. The summed E-state index contributed by atoms with van der Waals surface area (Å²) in [4.78, 5) is 5.96. The van der Waals surface area contributed by atoms with Gasteiger partial charge < -0.3 is 10.0 Å². The highest BCUT2D eigenvalue weighted by atomic mass is 32.2. The number of alkyl halides is 3. The van der Waals surface area contributed by atoms with E-state index in [0.29, 0.717) is 23.4 Å². The van der Waals surface area contributed by atoms with Gasteiger partial charge in [-0.2, -0.15) is 13.2 Å². The minimum Gasteiger partial charge on any atom is -0.395 e. The molecule has 1 saturated heterocycles. The van der Waals surface area contributed by atoms with Gasteiger partial charge in [0.1, 0.15) is 5.82 Å². The molecule has 2 aromatic rings. The van der Waals surface area contributed by atoms with Crippen LogP contribution in [0.1, 0.15) is 23.1 Å². The molecule has 0 bridgehead atoms. The number of halogens is 4. The number of β-amino-alcohol motifs (C(OH)–C–C–N with tert-alkyl or cyclic N) is 1. The Kier molecular flexibility index (Phi) is 6.71. The fourth-order valence-corrected chi connectivity index (χ4v) is 5.17. The Bertz CT molecular complexity index is 969. The van der Waals surface area contributed by atoms with Gasteiger partial charge in [0.05, 0.1) is 12.2 Å². The van der Waals surface area contributed by atoms with Crippen molar-refractivity contribution in [3.05, 3.63) is 65.0 Å². The molecule has 0 amide bonds. The van der Waals surface area contributed by atoms with E-state index in [-0.39, 0.29) is 12.4 Å². The van der Waals surface area contributed by atoms with Crippen LogP contribution in [-0.4, -0.2) is 60.8 Å². The third-order valence-electron chi connectivity index (χ3n) is 5.73. The second-order valence-electron chi connectivity index (χ2n) is 7.76. The third-order valence-corrected chi connectivity index (χ3v) is 6.86. The van der Waals surface area contributed by atoms with Crippen molar-refractivity contribution in [2.45, 2.75) is 22.4 Å². The molecule has 2 aliphatic heterocycles. The van der Waals surface area contributed by atoms with Crippen LogP contribution < -0.4 is 0 Å². The van der Waals surface area contributed by atoms with E-state index in [0.717, 1.165) is 54.8 Å². The number of piperazine rings is 1. The lowest BCUT2D eigenvalue weighted by atomic mass is 9.94. The summed E-state index contributed by atoms with van der Waals surface area (Å²) in [6, 6.07) is 8.21. The van der Waals surface area contributed by atoms with Crippen molar-refractivity contribution in [1.82, 2.24) is 9.80 Å². The van der Waals surface area contributed by atoms with Crippen molar-refractivity contribution >= 4 is 17.3 Å². The van der Waals surface area contributed by atoms with E-state index in [9.17, 15) is 17.6 Å². The summed E-state index contributed by atoms with van der Waals surface area (Å²) < 4.78 is 53.7. The number of aliphatic hydroxyl groups is 1. The van der Waals surface area contributed by atoms with Crippen LogP contribution in [0.15, 0.2) is 52.3 Å². The summed E-state index contributed by atoms with van der Waals surface area (Å²) in [5.74, 6) is -0.360. The maximum absolute atomic E-state index is 13.8. The lowest BCUT2D eigenvalue weighted by Crippen LogP contribution is -2.47. The molecule has 1 N–H and O–H groups in total. The standard InChI is InChI=1S/C23H24F4N2OS/c24-17-4-5-19-18(2-1-7-28-8-10-29(11-9-28)12-13-30)20-14-16(23(25,26)27)3-6-21(20)31-22(19)15-17/h2-6,14-15,30H,1,7-13H2. The zero-order chi connectivity index (χ0) is 22.0. The minimum absolute atomic E-state index is 0.156. The van der Waals surface area contributed by atoms with E-state index in [2.05, 4.69) is 9.80 Å². The molecule has 0 unspecified atom stereocenters. The van der Waals surface area contributed by atoms with Gasteiger partial charge >= 0.3 is 6.18 Å². The third kappa shape index (κ3) is 5.14. The summed E-state index contributed by atoms with van der Waals surface area (Å²) in [6.07, 6.45) is -1.75. The summed E-state index contributed by atoms with van der Waals surface area (Å²) in [7, 11) is 0. The van der Waals surface area contributed by atoms with E-state index in [1.54, 1.807) is 6.07 Å². The molecule has 0 saturated carbocycles. The average molecular weight is 453 g/mol. The Hall–Kier alpha value is -1.87. The summed E-state index contributed by atoms with van der Waals surface area (Å²) in [5.41, 5.74) is 1.37. The molecule has 0 radical (unpaired) electrons. The number of benzene rings is 2. The Morgan fingerprint density at radius 3 is 2.29 bits per heavy atom. The van der Waals surface area contributed by atoms with Crippen LogP contribution in [-0.2, 0) is 6.18 Å². The fraction of sp³-hybridized carbons (Fsp3) is 0.391. The first-order chi connectivity index (χ1) is 14.8. The van der Waals surface area contributed by atoms with Gasteiger partial charge in [-0.25, -0.2) is 4.39 Å². The van der Waals surface area contributed by atoms with Crippen LogP contribution in [0.5, 0.6) is 0 Å². The highest BCUT2D eigenvalue weighted by molar-refractivity contribution is 7.99. The lowest BCUT2D eigenvalue weighted by molar-refractivity contribution is -0.137.